The average molecular weight is 360 g/mol. The van der Waals surface area contributed by atoms with Crippen molar-refractivity contribution in [1.29, 1.82) is 0 Å². The summed E-state index contributed by atoms with van der Waals surface area (Å²) in [6.07, 6.45) is 0. The van der Waals surface area contributed by atoms with E-state index in [1.54, 1.807) is 10.5 Å². The van der Waals surface area contributed by atoms with Gasteiger partial charge in [-0.1, -0.05) is 0 Å². The Labute approximate surface area is 106 Å². The number of rotatable bonds is 2. The van der Waals surface area contributed by atoms with Crippen LogP contribution in [-0.2, 0) is 3.27 Å². The van der Waals surface area contributed by atoms with Crippen LogP contribution in [0.3, 0.4) is 0 Å². The van der Waals surface area contributed by atoms with E-state index in [0.717, 1.165) is 0 Å². The summed E-state index contributed by atoms with van der Waals surface area (Å²) in [6, 6.07) is 21.4. The molecule has 16 heavy (non-hydrogen) atoms. The summed E-state index contributed by atoms with van der Waals surface area (Å²) < 4.78 is 8.83. The topological polar surface area (TPSA) is 9.23 Å². The van der Waals surface area contributed by atoms with Gasteiger partial charge in [0.2, 0.25) is 0 Å². The van der Waals surface area contributed by atoms with Gasteiger partial charge in [-0.05, 0) is 0 Å². The summed E-state index contributed by atoms with van der Waals surface area (Å²) in [5.41, 5.74) is 0. The predicted octanol–water partition coefficient (Wildman–Crippen LogP) is 1.54. The van der Waals surface area contributed by atoms with Crippen LogP contribution in [0.15, 0.2) is 60.7 Å². The molecule has 2 aromatic rings. The summed E-state index contributed by atoms with van der Waals surface area (Å²) >= 11 is -1.40. The number of hydrogen-bond acceptors (Lipinski definition) is 2. The maximum absolute atomic E-state index is 5.99. The predicted molar refractivity (Wildman–Crippen MR) is 72.3 cm³/mol. The van der Waals surface area contributed by atoms with Crippen LogP contribution >= 0.6 is 10.5 Å². The van der Waals surface area contributed by atoms with Gasteiger partial charge in [-0.25, -0.2) is 0 Å². The van der Waals surface area contributed by atoms with Gasteiger partial charge in [-0.15, -0.1) is 0 Å². The Bertz CT molecular complexity index is 429. The summed E-state index contributed by atoms with van der Waals surface area (Å²) in [6.45, 7) is 0. The Morgan fingerprint density at radius 2 is 1.25 bits per heavy atom. The monoisotopic (exact) mass is 362 g/mol. The Hall–Kier alpha value is -0.211. The first-order valence-electron chi connectivity index (χ1n) is 4.90. The Kier molecular flexibility index (Phi) is 3.12. The summed E-state index contributed by atoms with van der Waals surface area (Å²) in [5, 5.41) is 0. The van der Waals surface area contributed by atoms with E-state index in [2.05, 4.69) is 60.7 Å². The van der Waals surface area contributed by atoms with Crippen LogP contribution in [-0.4, -0.2) is 23.4 Å². The second kappa shape index (κ2) is 4.58. The third-order valence-electron chi connectivity index (χ3n) is 2.35. The number of hydrogen-bond donors (Lipinski definition) is 0. The molecule has 1 nitrogen and oxygen atoms in total. The first kappa shape index (κ1) is 10.9. The van der Waals surface area contributed by atoms with Crippen LogP contribution < -0.4 is 8.92 Å². The first-order valence-corrected chi connectivity index (χ1v) is 14.4. The Balaban J connectivity index is 2.08. The van der Waals surface area contributed by atoms with Crippen molar-refractivity contribution >= 4 is 42.7 Å². The molecule has 1 fully saturated rings. The van der Waals surface area contributed by atoms with Crippen LogP contribution in [0, 0.1) is 0 Å². The third-order valence-corrected chi connectivity index (χ3v) is 25.6. The molecule has 0 aromatic heterocycles. The molecule has 0 unspecified atom stereocenters. The molecule has 0 bridgehead atoms. The third kappa shape index (κ3) is 1.76. The average Bonchev–Trinajstić information content (AvgIpc) is 2.31. The van der Waals surface area contributed by atoms with Gasteiger partial charge < -0.3 is 0 Å². The SMILES string of the molecule is c1ccc([Se]2(c3ccccc3)OS[Se]2)cc1. The van der Waals surface area contributed by atoms with Crippen LogP contribution in [0.25, 0.3) is 0 Å². The Morgan fingerprint density at radius 1 is 0.812 bits per heavy atom. The van der Waals surface area contributed by atoms with Gasteiger partial charge in [0, 0.05) is 0 Å². The van der Waals surface area contributed by atoms with Gasteiger partial charge >= 0.3 is 107 Å². The van der Waals surface area contributed by atoms with E-state index >= 15 is 0 Å². The molecular weight excluding hydrogens is 350 g/mol. The standard InChI is InChI=1S/C12H10OSSe2/c1-3-7-11(8-4-1)16(13-14-15-16)12-9-5-2-6-10-12/h1-10H. The van der Waals surface area contributed by atoms with Gasteiger partial charge in [0.25, 0.3) is 0 Å². The minimum atomic E-state index is -1.97. The zero-order chi connectivity index (χ0) is 10.8. The normalized spacial score (nSPS) is 19.8. The molecule has 0 aliphatic carbocycles. The van der Waals surface area contributed by atoms with Crippen molar-refractivity contribution in [1.82, 2.24) is 0 Å². The molecule has 0 atom stereocenters. The van der Waals surface area contributed by atoms with Crippen LogP contribution in [0.5, 0.6) is 0 Å². The van der Waals surface area contributed by atoms with Crippen molar-refractivity contribution in [3.8, 4) is 0 Å². The van der Waals surface area contributed by atoms with Crippen LogP contribution in [0.2, 0.25) is 0 Å². The molecule has 3 rings (SSSR count). The van der Waals surface area contributed by atoms with Crippen molar-refractivity contribution in [2.24, 2.45) is 0 Å². The molecule has 2 aromatic carbocycles. The van der Waals surface area contributed by atoms with Gasteiger partial charge in [-0.2, -0.15) is 0 Å². The molecular formula is C12H10OSSe2. The van der Waals surface area contributed by atoms with Crippen molar-refractivity contribution in [3.63, 3.8) is 0 Å². The van der Waals surface area contributed by atoms with E-state index in [1.807, 2.05) is 0 Å². The van der Waals surface area contributed by atoms with Crippen LogP contribution in [0.4, 0.5) is 0 Å². The summed E-state index contributed by atoms with van der Waals surface area (Å²) in [4.78, 5) is 0. The first-order chi connectivity index (χ1) is 7.92. The van der Waals surface area contributed by atoms with E-state index < -0.39 is 11.3 Å². The molecule has 1 aliphatic heterocycles. The molecule has 0 amide bonds. The fraction of sp³-hybridized carbons (Fsp3) is 0. The molecule has 4 heteroatoms. The van der Waals surface area contributed by atoms with Crippen molar-refractivity contribution in [2.75, 3.05) is 0 Å². The molecule has 0 spiro atoms. The molecule has 1 saturated heterocycles. The second-order valence-electron chi connectivity index (χ2n) is 3.33. The second-order valence-corrected chi connectivity index (χ2v) is 20.0. The fourth-order valence-electron chi connectivity index (χ4n) is 1.58. The van der Waals surface area contributed by atoms with E-state index in [0.29, 0.717) is 12.0 Å². The summed E-state index contributed by atoms with van der Waals surface area (Å²) in [7, 11) is 1.67. The molecule has 0 radical (unpaired) electrons. The Morgan fingerprint density at radius 3 is 1.56 bits per heavy atom. The molecule has 82 valence electrons. The molecule has 1 heterocycles. The molecule has 0 saturated carbocycles. The zero-order valence-electron chi connectivity index (χ0n) is 8.41. The number of benzene rings is 2. The summed E-state index contributed by atoms with van der Waals surface area (Å²) in [5.74, 6) is 0. The van der Waals surface area contributed by atoms with Gasteiger partial charge in [0.1, 0.15) is 0 Å². The van der Waals surface area contributed by atoms with Gasteiger partial charge in [0.15, 0.2) is 0 Å². The van der Waals surface area contributed by atoms with E-state index in [4.69, 9.17) is 3.27 Å². The van der Waals surface area contributed by atoms with E-state index in [1.165, 1.54) is 8.92 Å². The molecule has 1 aliphatic rings. The molecule has 0 N–H and O–H groups in total. The van der Waals surface area contributed by atoms with Crippen LogP contribution in [0.1, 0.15) is 0 Å². The van der Waals surface area contributed by atoms with Gasteiger partial charge in [0.05, 0.1) is 0 Å². The van der Waals surface area contributed by atoms with E-state index in [-0.39, 0.29) is 0 Å². The zero-order valence-corrected chi connectivity index (χ0v) is 12.6. The fourth-order valence-corrected chi connectivity index (χ4v) is 20.8. The van der Waals surface area contributed by atoms with Gasteiger partial charge in [-0.3, -0.25) is 0 Å². The van der Waals surface area contributed by atoms with E-state index in [9.17, 15) is 0 Å². The minimum absolute atomic E-state index is 0.569. The van der Waals surface area contributed by atoms with Crippen molar-refractivity contribution < 1.29 is 3.27 Å². The maximum atomic E-state index is 5.99. The van der Waals surface area contributed by atoms with Crippen molar-refractivity contribution in [3.05, 3.63) is 60.7 Å². The van der Waals surface area contributed by atoms with Crippen molar-refractivity contribution in [2.45, 2.75) is 0 Å². The quantitative estimate of drug-likeness (QED) is 0.594.